The van der Waals surface area contributed by atoms with Gasteiger partial charge in [0.2, 0.25) is 0 Å². The number of nitrogens with zero attached hydrogens (tertiary/aromatic N) is 3. The first-order valence-corrected chi connectivity index (χ1v) is 11.7. The van der Waals surface area contributed by atoms with Crippen LogP contribution in [0.2, 0.25) is 5.02 Å². The maximum absolute atomic E-state index is 12.8. The molecule has 4 rings (SSSR count). The third kappa shape index (κ3) is 5.16. The number of aryl methyl sites for hydroxylation is 1. The van der Waals surface area contributed by atoms with Gasteiger partial charge < -0.3 is 15.0 Å². The lowest BCUT2D eigenvalue weighted by Crippen LogP contribution is -2.48. The Morgan fingerprint density at radius 2 is 1.59 bits per heavy atom. The Morgan fingerprint density at radius 3 is 2.15 bits per heavy atom. The maximum Gasteiger partial charge on any atom is 0.254 e. The van der Waals surface area contributed by atoms with Crippen molar-refractivity contribution in [2.24, 2.45) is 0 Å². The van der Waals surface area contributed by atoms with E-state index in [1.807, 2.05) is 69.0 Å². The largest absolute Gasteiger partial charge is 0.372 e. The van der Waals surface area contributed by atoms with Crippen LogP contribution in [0.3, 0.4) is 0 Å². The number of benzene rings is 2. The number of carbonyl (C=O) groups excluding carboxylic acids is 2. The van der Waals surface area contributed by atoms with Crippen molar-refractivity contribution in [3.63, 3.8) is 0 Å². The molecule has 0 saturated carbocycles. The smallest absolute Gasteiger partial charge is 0.254 e. The standard InChI is InChI=1S/C26H29ClN4O3/c1-16-14-30(15-17(2)34-16)26(33)22-7-5-20(6-8-22)13-28-25(32)21-9-11-23(12-10-21)31-19(4)24(27)18(3)29-31/h5-12,16-17H,13-15H2,1-4H3,(H,28,32). The Kier molecular flexibility index (Phi) is 7.05. The summed E-state index contributed by atoms with van der Waals surface area (Å²) in [5.74, 6) is -0.170. The van der Waals surface area contributed by atoms with Gasteiger partial charge in [-0.2, -0.15) is 5.10 Å². The number of hydrogen-bond donors (Lipinski definition) is 1. The zero-order valence-electron chi connectivity index (χ0n) is 19.8. The zero-order valence-corrected chi connectivity index (χ0v) is 20.6. The van der Waals surface area contributed by atoms with Crippen LogP contribution in [0.25, 0.3) is 5.69 Å². The van der Waals surface area contributed by atoms with Crippen LogP contribution in [0, 0.1) is 13.8 Å². The Bertz CT molecular complexity index is 1180. The van der Waals surface area contributed by atoms with E-state index in [1.165, 1.54) is 0 Å². The van der Waals surface area contributed by atoms with Crippen LogP contribution in [-0.2, 0) is 11.3 Å². The van der Waals surface area contributed by atoms with Crippen LogP contribution >= 0.6 is 11.6 Å². The molecule has 1 fully saturated rings. The Morgan fingerprint density at radius 1 is 1.00 bits per heavy atom. The molecule has 7 nitrogen and oxygen atoms in total. The summed E-state index contributed by atoms with van der Waals surface area (Å²) in [6.07, 6.45) is 0.0588. The maximum atomic E-state index is 12.8. The quantitative estimate of drug-likeness (QED) is 0.590. The summed E-state index contributed by atoms with van der Waals surface area (Å²) in [6, 6.07) is 14.6. The van der Waals surface area contributed by atoms with E-state index in [2.05, 4.69) is 10.4 Å². The van der Waals surface area contributed by atoms with E-state index < -0.39 is 0 Å². The van der Waals surface area contributed by atoms with Gasteiger partial charge in [-0.05, 0) is 69.7 Å². The van der Waals surface area contributed by atoms with Gasteiger partial charge in [0.1, 0.15) is 0 Å². The molecule has 1 saturated heterocycles. The minimum absolute atomic E-state index is 0.00146. The zero-order chi connectivity index (χ0) is 24.4. The molecule has 2 amide bonds. The van der Waals surface area contributed by atoms with E-state index in [-0.39, 0.29) is 24.0 Å². The van der Waals surface area contributed by atoms with Gasteiger partial charge in [0, 0.05) is 30.8 Å². The van der Waals surface area contributed by atoms with Gasteiger partial charge in [0.15, 0.2) is 0 Å². The molecule has 0 radical (unpaired) electrons. The first kappa shape index (κ1) is 24.0. The van der Waals surface area contributed by atoms with Crippen LogP contribution in [0.15, 0.2) is 48.5 Å². The molecule has 2 aromatic carbocycles. The highest BCUT2D eigenvalue weighted by atomic mass is 35.5. The molecular weight excluding hydrogens is 452 g/mol. The van der Waals surface area contributed by atoms with Crippen molar-refractivity contribution in [2.75, 3.05) is 13.1 Å². The lowest BCUT2D eigenvalue weighted by molar-refractivity contribution is -0.0586. The third-order valence-corrected chi connectivity index (χ3v) is 6.48. The van der Waals surface area contributed by atoms with E-state index in [0.29, 0.717) is 35.8 Å². The fraction of sp³-hybridized carbons (Fsp3) is 0.346. The van der Waals surface area contributed by atoms with Crippen molar-refractivity contribution in [1.82, 2.24) is 20.0 Å². The minimum atomic E-state index is -0.172. The molecule has 0 spiro atoms. The van der Waals surface area contributed by atoms with Gasteiger partial charge >= 0.3 is 0 Å². The highest BCUT2D eigenvalue weighted by molar-refractivity contribution is 6.31. The van der Waals surface area contributed by atoms with Crippen molar-refractivity contribution < 1.29 is 14.3 Å². The molecule has 178 valence electrons. The molecule has 0 bridgehead atoms. The first-order chi connectivity index (χ1) is 16.2. The number of halogens is 1. The predicted molar refractivity (Wildman–Crippen MR) is 132 cm³/mol. The van der Waals surface area contributed by atoms with E-state index >= 15 is 0 Å². The van der Waals surface area contributed by atoms with E-state index in [4.69, 9.17) is 16.3 Å². The molecule has 3 aromatic rings. The highest BCUT2D eigenvalue weighted by Crippen LogP contribution is 2.22. The summed E-state index contributed by atoms with van der Waals surface area (Å²) in [7, 11) is 0. The molecule has 1 N–H and O–H groups in total. The van der Waals surface area contributed by atoms with Gasteiger partial charge in [-0.25, -0.2) is 4.68 Å². The van der Waals surface area contributed by atoms with Gasteiger partial charge in [-0.3, -0.25) is 9.59 Å². The summed E-state index contributed by atoms with van der Waals surface area (Å²) in [5, 5.41) is 8.01. The van der Waals surface area contributed by atoms with Crippen molar-refractivity contribution >= 4 is 23.4 Å². The van der Waals surface area contributed by atoms with Gasteiger partial charge in [0.25, 0.3) is 11.8 Å². The number of amides is 2. The lowest BCUT2D eigenvalue weighted by atomic mass is 10.1. The van der Waals surface area contributed by atoms with E-state index in [0.717, 1.165) is 22.6 Å². The van der Waals surface area contributed by atoms with Crippen LogP contribution in [0.4, 0.5) is 0 Å². The van der Waals surface area contributed by atoms with Crippen LogP contribution in [0.1, 0.15) is 51.5 Å². The molecule has 0 aliphatic carbocycles. The number of morpholine rings is 1. The SMILES string of the molecule is Cc1nn(-c2ccc(C(=O)NCc3ccc(C(=O)N4CC(C)OC(C)C4)cc3)cc2)c(C)c1Cl. The Labute approximate surface area is 204 Å². The molecule has 34 heavy (non-hydrogen) atoms. The fourth-order valence-electron chi connectivity index (χ4n) is 4.20. The first-order valence-electron chi connectivity index (χ1n) is 11.4. The Balaban J connectivity index is 1.35. The molecular formula is C26H29ClN4O3. The normalized spacial score (nSPS) is 18.1. The summed E-state index contributed by atoms with van der Waals surface area (Å²) in [6.45, 7) is 9.27. The molecule has 1 aliphatic rings. The molecule has 2 unspecified atom stereocenters. The van der Waals surface area contributed by atoms with Gasteiger partial charge in [-0.1, -0.05) is 23.7 Å². The lowest BCUT2D eigenvalue weighted by Gasteiger charge is -2.35. The fourth-order valence-corrected chi connectivity index (χ4v) is 4.32. The summed E-state index contributed by atoms with van der Waals surface area (Å²) in [4.78, 5) is 27.3. The van der Waals surface area contributed by atoms with Crippen LogP contribution in [0.5, 0.6) is 0 Å². The molecule has 1 aromatic heterocycles. The summed E-state index contributed by atoms with van der Waals surface area (Å²) < 4.78 is 7.47. The van der Waals surface area contributed by atoms with Gasteiger partial charge in [0.05, 0.1) is 34.3 Å². The number of rotatable bonds is 5. The average molecular weight is 481 g/mol. The number of carbonyl (C=O) groups is 2. The van der Waals surface area contributed by atoms with Crippen molar-refractivity contribution in [3.8, 4) is 5.69 Å². The van der Waals surface area contributed by atoms with E-state index in [1.54, 1.807) is 16.8 Å². The average Bonchev–Trinajstić information content (AvgIpc) is 3.09. The van der Waals surface area contributed by atoms with Crippen LogP contribution in [-0.4, -0.2) is 51.8 Å². The van der Waals surface area contributed by atoms with Crippen molar-refractivity contribution in [3.05, 3.63) is 81.6 Å². The summed E-state index contributed by atoms with van der Waals surface area (Å²) in [5.41, 5.74) is 4.57. The number of ether oxygens (including phenoxy) is 1. The number of hydrogen-bond acceptors (Lipinski definition) is 4. The second-order valence-corrected chi connectivity index (χ2v) is 9.17. The van der Waals surface area contributed by atoms with Gasteiger partial charge in [-0.15, -0.1) is 0 Å². The van der Waals surface area contributed by atoms with E-state index in [9.17, 15) is 9.59 Å². The minimum Gasteiger partial charge on any atom is -0.372 e. The molecule has 1 aliphatic heterocycles. The Hall–Kier alpha value is -3.16. The van der Waals surface area contributed by atoms with Crippen molar-refractivity contribution in [2.45, 2.75) is 46.4 Å². The second-order valence-electron chi connectivity index (χ2n) is 8.79. The van der Waals surface area contributed by atoms with Crippen molar-refractivity contribution in [1.29, 1.82) is 0 Å². The highest BCUT2D eigenvalue weighted by Gasteiger charge is 2.26. The third-order valence-electron chi connectivity index (χ3n) is 5.94. The van der Waals surface area contributed by atoms with Crippen LogP contribution < -0.4 is 5.32 Å². The summed E-state index contributed by atoms with van der Waals surface area (Å²) >= 11 is 6.23. The second kappa shape index (κ2) is 9.99. The number of nitrogens with one attached hydrogen (secondary N) is 1. The topological polar surface area (TPSA) is 76.5 Å². The molecule has 8 heteroatoms. The number of aromatic nitrogens is 2. The predicted octanol–water partition coefficient (Wildman–Crippen LogP) is 4.32. The molecule has 2 heterocycles. The molecule has 2 atom stereocenters. The monoisotopic (exact) mass is 480 g/mol.